The second-order valence-corrected chi connectivity index (χ2v) is 4.39. The molecule has 20 heavy (non-hydrogen) atoms. The minimum absolute atomic E-state index is 0.0669. The molecule has 1 aromatic heterocycles. The van der Waals surface area contributed by atoms with Crippen LogP contribution in [0.15, 0.2) is 35.3 Å². The van der Waals surface area contributed by atoms with Crippen molar-refractivity contribution in [2.45, 2.75) is 6.92 Å². The van der Waals surface area contributed by atoms with Crippen molar-refractivity contribution >= 4 is 23.3 Å². The average Bonchev–Trinajstić information content (AvgIpc) is 2.81. The number of rotatable bonds is 3. The molecule has 7 heteroatoms. The Balaban J connectivity index is 2.44. The minimum atomic E-state index is -0.431. The van der Waals surface area contributed by atoms with Gasteiger partial charge in [-0.15, -0.1) is 0 Å². The Bertz CT molecular complexity index is 718. The van der Waals surface area contributed by atoms with Gasteiger partial charge >= 0.3 is 5.97 Å². The maximum Gasteiger partial charge on any atom is 0.338 e. The predicted octanol–water partition coefficient (Wildman–Crippen LogP) is 1.11. The van der Waals surface area contributed by atoms with Gasteiger partial charge in [-0.3, -0.25) is 9.89 Å². The number of hydrogen-bond acceptors (Lipinski definition) is 4. The van der Waals surface area contributed by atoms with Crippen LogP contribution in [0.2, 0.25) is 0 Å². The van der Waals surface area contributed by atoms with E-state index in [2.05, 4.69) is 5.10 Å². The third kappa shape index (κ3) is 2.62. The summed E-state index contributed by atoms with van der Waals surface area (Å²) in [5.41, 5.74) is 6.40. The summed E-state index contributed by atoms with van der Waals surface area (Å²) in [6.45, 7) is 2.02. The van der Waals surface area contributed by atoms with Gasteiger partial charge in [0.25, 0.3) is 5.56 Å². The largest absolute Gasteiger partial charge is 0.462 e. The van der Waals surface area contributed by atoms with Gasteiger partial charge in [0.15, 0.2) is 5.11 Å². The first-order chi connectivity index (χ1) is 9.54. The molecule has 0 atom stereocenters. The number of ether oxygens (including phenoxy) is 1. The first kappa shape index (κ1) is 14.0. The molecule has 0 fully saturated rings. The Labute approximate surface area is 120 Å². The van der Waals surface area contributed by atoms with Crippen molar-refractivity contribution in [3.05, 3.63) is 46.4 Å². The Morgan fingerprint density at radius 3 is 2.85 bits per heavy atom. The van der Waals surface area contributed by atoms with Crippen LogP contribution in [-0.2, 0) is 4.74 Å². The third-order valence-electron chi connectivity index (χ3n) is 2.68. The maximum atomic E-state index is 12.1. The number of esters is 1. The van der Waals surface area contributed by atoms with Gasteiger partial charge in [0.2, 0.25) is 0 Å². The van der Waals surface area contributed by atoms with E-state index in [-0.39, 0.29) is 10.7 Å². The normalized spacial score (nSPS) is 10.2. The molecule has 0 amide bonds. The molecule has 0 bridgehead atoms. The molecule has 6 nitrogen and oxygen atoms in total. The van der Waals surface area contributed by atoms with E-state index in [1.165, 1.54) is 6.20 Å². The van der Waals surface area contributed by atoms with E-state index < -0.39 is 5.97 Å². The fourth-order valence-corrected chi connectivity index (χ4v) is 1.90. The summed E-state index contributed by atoms with van der Waals surface area (Å²) < 4.78 is 5.98. The number of nitrogens with two attached hydrogens (primary N) is 1. The summed E-state index contributed by atoms with van der Waals surface area (Å²) >= 11 is 4.75. The van der Waals surface area contributed by atoms with Gasteiger partial charge in [-0.1, -0.05) is 12.1 Å². The molecule has 2 aromatic rings. The molecule has 2 rings (SSSR count). The summed E-state index contributed by atoms with van der Waals surface area (Å²) in [5, 5.41) is 2.60. The lowest BCUT2D eigenvalue weighted by atomic mass is 10.1. The number of benzene rings is 1. The molecule has 0 aliphatic heterocycles. The summed E-state index contributed by atoms with van der Waals surface area (Å²) in [6.07, 6.45) is 1.49. The van der Waals surface area contributed by atoms with Gasteiger partial charge in [-0.2, -0.15) is 4.68 Å². The summed E-state index contributed by atoms with van der Waals surface area (Å²) in [7, 11) is 0. The Morgan fingerprint density at radius 2 is 2.25 bits per heavy atom. The molecule has 0 aliphatic rings. The lowest BCUT2D eigenvalue weighted by Crippen LogP contribution is -2.30. The van der Waals surface area contributed by atoms with Crippen LogP contribution in [0, 0.1) is 0 Å². The number of hydrogen-bond donors (Lipinski definition) is 2. The van der Waals surface area contributed by atoms with Crippen molar-refractivity contribution in [1.29, 1.82) is 0 Å². The quantitative estimate of drug-likeness (QED) is 0.653. The van der Waals surface area contributed by atoms with Gasteiger partial charge in [-0.05, 0) is 36.8 Å². The number of aromatic amines is 1. The molecule has 3 N–H and O–H groups in total. The van der Waals surface area contributed by atoms with E-state index in [4.69, 9.17) is 22.7 Å². The summed E-state index contributed by atoms with van der Waals surface area (Å²) in [6, 6.07) is 6.61. The first-order valence-corrected chi connectivity index (χ1v) is 6.33. The number of nitrogens with zero attached hydrogens (tertiary/aromatic N) is 1. The smallest absolute Gasteiger partial charge is 0.338 e. The van der Waals surface area contributed by atoms with E-state index in [0.717, 1.165) is 4.68 Å². The molecular formula is C13H13N3O3S. The fourth-order valence-electron chi connectivity index (χ4n) is 1.77. The molecule has 0 saturated heterocycles. The molecular weight excluding hydrogens is 278 g/mol. The number of carbonyl (C=O) groups is 1. The highest BCUT2D eigenvalue weighted by Gasteiger charge is 2.12. The van der Waals surface area contributed by atoms with E-state index >= 15 is 0 Å². The highest BCUT2D eigenvalue weighted by atomic mass is 32.1. The Hall–Kier alpha value is -2.41. The number of thiocarbonyl (C=S) groups is 1. The second-order valence-electron chi connectivity index (χ2n) is 3.97. The van der Waals surface area contributed by atoms with E-state index in [1.54, 1.807) is 31.2 Å². The third-order valence-corrected chi connectivity index (χ3v) is 2.86. The van der Waals surface area contributed by atoms with Gasteiger partial charge in [-0.25, -0.2) is 4.79 Å². The van der Waals surface area contributed by atoms with Crippen molar-refractivity contribution in [2.75, 3.05) is 6.61 Å². The van der Waals surface area contributed by atoms with E-state index in [0.29, 0.717) is 23.3 Å². The zero-order valence-electron chi connectivity index (χ0n) is 10.8. The Morgan fingerprint density at radius 1 is 1.50 bits per heavy atom. The summed E-state index contributed by atoms with van der Waals surface area (Å²) in [4.78, 5) is 23.7. The number of H-pyrrole nitrogens is 1. The average molecular weight is 291 g/mol. The van der Waals surface area contributed by atoms with E-state index in [1.807, 2.05) is 0 Å². The van der Waals surface area contributed by atoms with Gasteiger partial charge < -0.3 is 10.5 Å². The van der Waals surface area contributed by atoms with Crippen LogP contribution in [0.5, 0.6) is 0 Å². The second kappa shape index (κ2) is 5.70. The highest BCUT2D eigenvalue weighted by Crippen LogP contribution is 2.17. The molecule has 0 saturated carbocycles. The lowest BCUT2D eigenvalue weighted by molar-refractivity contribution is 0.0526. The van der Waals surface area contributed by atoms with Crippen molar-refractivity contribution in [2.24, 2.45) is 5.73 Å². The van der Waals surface area contributed by atoms with Crippen molar-refractivity contribution in [1.82, 2.24) is 9.78 Å². The zero-order valence-corrected chi connectivity index (χ0v) is 11.6. The van der Waals surface area contributed by atoms with Crippen LogP contribution in [0.1, 0.15) is 17.3 Å². The van der Waals surface area contributed by atoms with Crippen LogP contribution in [0.25, 0.3) is 11.1 Å². The standard InChI is InChI=1S/C13H13N3O3S/c1-2-19-12(18)9-5-3-4-8(6-9)10-7-15-16(11(10)17)13(14)20/h3-7,15H,2H2,1H3,(H2,14,20). The van der Waals surface area contributed by atoms with Crippen LogP contribution in [-0.4, -0.2) is 27.5 Å². The molecule has 104 valence electrons. The van der Waals surface area contributed by atoms with Gasteiger partial charge in [0, 0.05) is 6.20 Å². The molecule has 0 spiro atoms. The van der Waals surface area contributed by atoms with Crippen LogP contribution in [0.3, 0.4) is 0 Å². The maximum absolute atomic E-state index is 12.1. The van der Waals surface area contributed by atoms with Crippen LogP contribution >= 0.6 is 12.2 Å². The van der Waals surface area contributed by atoms with Gasteiger partial charge in [0.1, 0.15) is 0 Å². The number of nitrogens with one attached hydrogen (secondary N) is 1. The first-order valence-electron chi connectivity index (χ1n) is 5.92. The van der Waals surface area contributed by atoms with Crippen molar-refractivity contribution in [3.8, 4) is 11.1 Å². The van der Waals surface area contributed by atoms with Gasteiger partial charge in [0.05, 0.1) is 17.7 Å². The molecule has 1 aromatic carbocycles. The van der Waals surface area contributed by atoms with E-state index in [9.17, 15) is 9.59 Å². The lowest BCUT2D eigenvalue weighted by Gasteiger charge is -2.03. The van der Waals surface area contributed by atoms with Crippen molar-refractivity contribution < 1.29 is 9.53 Å². The topological polar surface area (TPSA) is 90.1 Å². The predicted molar refractivity (Wildman–Crippen MR) is 78.6 cm³/mol. The van der Waals surface area contributed by atoms with Crippen LogP contribution in [0.4, 0.5) is 0 Å². The monoisotopic (exact) mass is 291 g/mol. The Kier molecular flexibility index (Phi) is 3.99. The van der Waals surface area contributed by atoms with Crippen molar-refractivity contribution in [3.63, 3.8) is 0 Å². The van der Waals surface area contributed by atoms with Crippen LogP contribution < -0.4 is 11.3 Å². The number of carbonyl (C=O) groups excluding carboxylic acids is 1. The molecule has 1 heterocycles. The number of aromatic nitrogens is 2. The summed E-state index contributed by atoms with van der Waals surface area (Å²) in [5.74, 6) is -0.431. The molecule has 0 aliphatic carbocycles. The SMILES string of the molecule is CCOC(=O)c1cccc(-c2c[nH]n(C(N)=S)c2=O)c1. The zero-order chi connectivity index (χ0) is 14.7. The minimum Gasteiger partial charge on any atom is -0.462 e. The molecule has 0 radical (unpaired) electrons. The molecule has 0 unspecified atom stereocenters. The highest BCUT2D eigenvalue weighted by molar-refractivity contribution is 7.80. The fraction of sp³-hybridized carbons (Fsp3) is 0.154.